The molecule has 2 unspecified atom stereocenters. The lowest BCUT2D eigenvalue weighted by atomic mass is 10.0. The lowest BCUT2D eigenvalue weighted by molar-refractivity contribution is -0.889. The molecule has 0 aromatic rings. The van der Waals surface area contributed by atoms with Crippen LogP contribution in [0, 0.1) is 0 Å². The van der Waals surface area contributed by atoms with Crippen LogP contribution in [0.2, 0.25) is 0 Å². The van der Waals surface area contributed by atoms with Gasteiger partial charge in [-0.2, -0.15) is 0 Å². The summed E-state index contributed by atoms with van der Waals surface area (Å²) in [4.78, 5) is 37.2. The molecule has 0 heterocycles. The third-order valence-corrected chi connectivity index (χ3v) is 12.7. The largest absolute Gasteiger partial charge is 0.544 e. The van der Waals surface area contributed by atoms with Gasteiger partial charge in [0, 0.05) is 19.3 Å². The molecule has 0 aliphatic heterocycles. The van der Waals surface area contributed by atoms with Crippen LogP contribution >= 0.6 is 0 Å². The van der Waals surface area contributed by atoms with Gasteiger partial charge in [0.2, 0.25) is 0 Å². The van der Waals surface area contributed by atoms with E-state index in [0.29, 0.717) is 12.8 Å². The Balaban J connectivity index is 4.19. The number of aliphatic carboxylic acids is 1. The molecular formula is C60H107NO7. The molecular weight excluding hydrogens is 847 g/mol. The number of hydrogen-bond donors (Lipinski definition) is 0. The molecule has 0 aliphatic carbocycles. The van der Waals surface area contributed by atoms with E-state index in [1.165, 1.54) is 141 Å². The van der Waals surface area contributed by atoms with Crippen molar-refractivity contribution in [3.8, 4) is 0 Å². The molecule has 0 rings (SSSR count). The van der Waals surface area contributed by atoms with Crippen LogP contribution in [-0.4, -0.2) is 75.5 Å². The molecule has 0 aromatic heterocycles. The standard InChI is InChI=1S/C60H107NO7/c1-6-8-10-12-14-16-18-20-22-24-26-28-29-31-32-34-36-38-40-42-44-46-48-50-58(62)67-55-56(54-66-53-52-57(60(64)65)61(3,4)5)68-59(63)51-49-47-45-43-41-39-37-35-33-30-27-25-23-21-19-17-15-13-11-9-7-2/h8,10,14,16,20,22,26,28,31-32,56-57H,6-7,9,11-13,15,17-19,21,23-25,27,29-30,33-55H2,1-5H3/b10-8+,16-14+,22-20+,28-26+,32-31+. The number of carboxylic acids is 1. The Hall–Kier alpha value is -2.97. The molecule has 0 saturated carbocycles. The number of carbonyl (C=O) groups is 3. The maximum Gasteiger partial charge on any atom is 0.306 e. The van der Waals surface area contributed by atoms with Gasteiger partial charge < -0.3 is 28.6 Å². The lowest BCUT2D eigenvalue weighted by Gasteiger charge is -2.34. The Labute approximate surface area is 419 Å². The predicted octanol–water partition coefficient (Wildman–Crippen LogP) is 15.5. The fourth-order valence-electron chi connectivity index (χ4n) is 8.34. The zero-order valence-electron chi connectivity index (χ0n) is 45.0. The zero-order chi connectivity index (χ0) is 49.9. The van der Waals surface area contributed by atoms with Gasteiger partial charge in [0.15, 0.2) is 6.10 Å². The SMILES string of the molecule is CC/C=C/C/C=C/C/C=C/C/C=C/C/C=C/CCCCCCCCCC(=O)OCC(COCCC(C(=O)[O-])[N+](C)(C)C)OC(=O)CCCCCCCCCCCCCCCCCCCCCCC. The van der Waals surface area contributed by atoms with Crippen LogP contribution in [0.3, 0.4) is 0 Å². The Morgan fingerprint density at radius 1 is 0.456 bits per heavy atom. The molecule has 0 fully saturated rings. The van der Waals surface area contributed by atoms with Crippen molar-refractivity contribution in [3.63, 3.8) is 0 Å². The maximum absolute atomic E-state index is 12.8. The molecule has 0 saturated heterocycles. The molecule has 0 amide bonds. The third kappa shape index (κ3) is 48.1. The number of rotatable bonds is 51. The van der Waals surface area contributed by atoms with Gasteiger partial charge in [-0.15, -0.1) is 0 Å². The minimum Gasteiger partial charge on any atom is -0.544 e. The first-order valence-corrected chi connectivity index (χ1v) is 28.3. The number of likely N-dealkylation sites (N-methyl/N-ethyl adjacent to an activating group) is 1. The monoisotopic (exact) mass is 954 g/mol. The van der Waals surface area contributed by atoms with E-state index in [1.807, 2.05) is 21.1 Å². The first kappa shape index (κ1) is 65.0. The van der Waals surface area contributed by atoms with Crippen LogP contribution in [0.4, 0.5) is 0 Å². The summed E-state index contributed by atoms with van der Waals surface area (Å²) in [7, 11) is 5.42. The van der Waals surface area contributed by atoms with E-state index in [9.17, 15) is 19.5 Å². The van der Waals surface area contributed by atoms with Crippen LogP contribution in [0.25, 0.3) is 0 Å². The van der Waals surface area contributed by atoms with Crippen LogP contribution in [0.15, 0.2) is 60.8 Å². The quantitative estimate of drug-likeness (QED) is 0.0259. The number of allylic oxidation sites excluding steroid dienone is 10. The van der Waals surface area contributed by atoms with E-state index in [0.717, 1.165) is 77.0 Å². The van der Waals surface area contributed by atoms with Crippen molar-refractivity contribution < 1.29 is 38.2 Å². The second-order valence-corrected chi connectivity index (χ2v) is 20.2. The number of esters is 2. The van der Waals surface area contributed by atoms with Gasteiger partial charge in [0.05, 0.1) is 40.3 Å². The number of carbonyl (C=O) groups excluding carboxylic acids is 3. The Bertz CT molecular complexity index is 1290. The summed E-state index contributed by atoms with van der Waals surface area (Å²) >= 11 is 0. The molecule has 8 nitrogen and oxygen atoms in total. The molecule has 68 heavy (non-hydrogen) atoms. The number of hydrogen-bond acceptors (Lipinski definition) is 7. The smallest absolute Gasteiger partial charge is 0.306 e. The van der Waals surface area contributed by atoms with Crippen molar-refractivity contribution in [3.05, 3.63) is 60.8 Å². The normalized spacial score (nSPS) is 13.2. The second-order valence-electron chi connectivity index (χ2n) is 20.2. The van der Waals surface area contributed by atoms with Crippen LogP contribution in [-0.2, 0) is 28.6 Å². The van der Waals surface area contributed by atoms with Crippen molar-refractivity contribution in [2.45, 2.75) is 264 Å². The summed E-state index contributed by atoms with van der Waals surface area (Å²) in [6, 6.07) is -0.729. The maximum atomic E-state index is 12.8. The van der Waals surface area contributed by atoms with Gasteiger partial charge in [-0.05, 0) is 57.8 Å². The van der Waals surface area contributed by atoms with Crippen molar-refractivity contribution in [1.82, 2.24) is 0 Å². The van der Waals surface area contributed by atoms with Gasteiger partial charge in [-0.1, -0.05) is 235 Å². The third-order valence-electron chi connectivity index (χ3n) is 12.7. The molecule has 8 heteroatoms. The molecule has 394 valence electrons. The Morgan fingerprint density at radius 3 is 1.22 bits per heavy atom. The minimum absolute atomic E-state index is 0.0380. The molecule has 0 N–H and O–H groups in total. The summed E-state index contributed by atoms with van der Waals surface area (Å²) in [5, 5.41) is 11.7. The Kier molecular flexibility index (Phi) is 48.2. The second kappa shape index (κ2) is 50.4. The molecule has 0 aliphatic rings. The number of nitrogens with zero attached hydrogens (tertiary/aromatic N) is 1. The highest BCUT2D eigenvalue weighted by Gasteiger charge is 2.25. The van der Waals surface area contributed by atoms with Gasteiger partial charge in [-0.3, -0.25) is 9.59 Å². The highest BCUT2D eigenvalue weighted by molar-refractivity contribution is 5.70. The topological polar surface area (TPSA) is 102 Å². The van der Waals surface area contributed by atoms with E-state index >= 15 is 0 Å². The summed E-state index contributed by atoms with van der Waals surface area (Å²) in [5.41, 5.74) is 0. The first-order valence-electron chi connectivity index (χ1n) is 28.3. The van der Waals surface area contributed by atoms with Gasteiger partial charge in [0.1, 0.15) is 12.6 Å². The Morgan fingerprint density at radius 2 is 0.824 bits per heavy atom. The molecule has 0 spiro atoms. The van der Waals surface area contributed by atoms with Gasteiger partial charge in [0.25, 0.3) is 0 Å². The first-order chi connectivity index (χ1) is 33.1. The zero-order valence-corrected chi connectivity index (χ0v) is 45.0. The average molecular weight is 955 g/mol. The van der Waals surface area contributed by atoms with Crippen LogP contribution in [0.1, 0.15) is 251 Å². The summed E-state index contributed by atoms with van der Waals surface area (Å²) in [6.45, 7) is 4.58. The number of carboxylic acid groups (broad SMARTS) is 1. The fraction of sp³-hybridized carbons (Fsp3) is 0.783. The summed E-state index contributed by atoms with van der Waals surface area (Å²) in [6.07, 6.45) is 64.0. The van der Waals surface area contributed by atoms with Crippen LogP contribution < -0.4 is 5.11 Å². The van der Waals surface area contributed by atoms with E-state index in [-0.39, 0.29) is 42.7 Å². The lowest BCUT2D eigenvalue weighted by Crippen LogP contribution is -2.55. The molecule has 0 bridgehead atoms. The van der Waals surface area contributed by atoms with E-state index in [1.54, 1.807) is 0 Å². The summed E-state index contributed by atoms with van der Waals surface area (Å²) < 4.78 is 17.3. The fourth-order valence-corrected chi connectivity index (χ4v) is 8.34. The highest BCUT2D eigenvalue weighted by Crippen LogP contribution is 2.17. The van der Waals surface area contributed by atoms with Crippen molar-refractivity contribution in [2.24, 2.45) is 0 Å². The highest BCUT2D eigenvalue weighted by atomic mass is 16.6. The van der Waals surface area contributed by atoms with Gasteiger partial charge >= 0.3 is 11.9 Å². The minimum atomic E-state index is -1.12. The van der Waals surface area contributed by atoms with Crippen molar-refractivity contribution >= 4 is 17.9 Å². The van der Waals surface area contributed by atoms with E-state index in [2.05, 4.69) is 74.6 Å². The van der Waals surface area contributed by atoms with Crippen molar-refractivity contribution in [2.75, 3.05) is 41.0 Å². The van der Waals surface area contributed by atoms with Crippen molar-refractivity contribution in [1.29, 1.82) is 0 Å². The molecule has 0 aromatic carbocycles. The van der Waals surface area contributed by atoms with Gasteiger partial charge in [-0.25, -0.2) is 0 Å². The number of quaternary nitrogens is 1. The number of unbranched alkanes of at least 4 members (excludes halogenated alkanes) is 27. The van der Waals surface area contributed by atoms with E-state index in [4.69, 9.17) is 14.2 Å². The predicted molar refractivity (Wildman–Crippen MR) is 286 cm³/mol. The average Bonchev–Trinajstić information content (AvgIpc) is 3.30. The van der Waals surface area contributed by atoms with Crippen LogP contribution in [0.5, 0.6) is 0 Å². The van der Waals surface area contributed by atoms with E-state index < -0.39 is 18.1 Å². The molecule has 2 atom stereocenters. The molecule has 0 radical (unpaired) electrons. The number of ether oxygens (including phenoxy) is 3. The summed E-state index contributed by atoms with van der Waals surface area (Å²) in [5.74, 6) is -1.74.